The minimum absolute atomic E-state index is 0.215. The first-order chi connectivity index (χ1) is 7.65. The Kier molecular flexibility index (Phi) is 4.88. The van der Waals surface area contributed by atoms with Gasteiger partial charge in [0.25, 0.3) is 0 Å². The minimum Gasteiger partial charge on any atom is -0.383 e. The summed E-state index contributed by atoms with van der Waals surface area (Å²) in [6, 6.07) is 3.18. The molecular formula is C11H17N3O2. The van der Waals surface area contributed by atoms with Crippen LogP contribution in [0.4, 0.5) is 0 Å². The van der Waals surface area contributed by atoms with Gasteiger partial charge in [-0.15, -0.1) is 0 Å². The number of amides is 1. The van der Waals surface area contributed by atoms with Crippen molar-refractivity contribution in [3.63, 3.8) is 0 Å². The summed E-state index contributed by atoms with van der Waals surface area (Å²) in [5.74, 6) is -0.230. The number of aromatic nitrogens is 1. The van der Waals surface area contributed by atoms with Crippen molar-refractivity contribution >= 4 is 5.91 Å². The molecule has 3 N–H and O–H groups in total. The van der Waals surface area contributed by atoms with E-state index >= 15 is 0 Å². The largest absolute Gasteiger partial charge is 0.383 e. The summed E-state index contributed by atoms with van der Waals surface area (Å²) >= 11 is 0. The molecule has 1 aromatic heterocycles. The molecule has 1 aromatic rings. The molecule has 0 aromatic carbocycles. The number of carbonyl (C=O) groups excluding carboxylic acids is 1. The van der Waals surface area contributed by atoms with Gasteiger partial charge in [-0.25, -0.2) is 0 Å². The standard InChI is InChI=1S/C11H17N3O2/c1-8-4-3-5-13-10(8)6-14-11(15)9(12)7-16-2/h3-5,9H,6-7,12H2,1-2H3,(H,14,15). The highest BCUT2D eigenvalue weighted by atomic mass is 16.5. The quantitative estimate of drug-likeness (QED) is 0.735. The summed E-state index contributed by atoms with van der Waals surface area (Å²) in [7, 11) is 1.51. The van der Waals surface area contributed by atoms with Gasteiger partial charge in [0.2, 0.25) is 5.91 Å². The Labute approximate surface area is 95.0 Å². The molecule has 5 heteroatoms. The third-order valence-corrected chi connectivity index (χ3v) is 2.23. The molecule has 0 spiro atoms. The second-order valence-electron chi connectivity index (χ2n) is 3.55. The fourth-order valence-corrected chi connectivity index (χ4v) is 1.26. The van der Waals surface area contributed by atoms with E-state index in [2.05, 4.69) is 10.3 Å². The van der Waals surface area contributed by atoms with Gasteiger partial charge < -0.3 is 15.8 Å². The first-order valence-electron chi connectivity index (χ1n) is 5.08. The molecule has 0 radical (unpaired) electrons. The van der Waals surface area contributed by atoms with Gasteiger partial charge in [-0.05, 0) is 18.6 Å². The molecule has 1 heterocycles. The second kappa shape index (κ2) is 6.19. The number of methoxy groups -OCH3 is 1. The Hall–Kier alpha value is -1.46. The monoisotopic (exact) mass is 223 g/mol. The van der Waals surface area contributed by atoms with Crippen LogP contribution in [0.2, 0.25) is 0 Å². The summed E-state index contributed by atoms with van der Waals surface area (Å²) in [6.07, 6.45) is 1.70. The number of nitrogens with two attached hydrogens (primary N) is 1. The van der Waals surface area contributed by atoms with Gasteiger partial charge in [-0.2, -0.15) is 0 Å². The lowest BCUT2D eigenvalue weighted by molar-refractivity contribution is -0.123. The third-order valence-electron chi connectivity index (χ3n) is 2.23. The van der Waals surface area contributed by atoms with E-state index in [4.69, 9.17) is 10.5 Å². The van der Waals surface area contributed by atoms with Crippen LogP contribution in [-0.2, 0) is 16.1 Å². The number of ether oxygens (including phenoxy) is 1. The average Bonchev–Trinajstić information content (AvgIpc) is 2.28. The Morgan fingerprint density at radius 2 is 2.44 bits per heavy atom. The number of carbonyl (C=O) groups is 1. The molecule has 0 aliphatic carbocycles. The van der Waals surface area contributed by atoms with Crippen molar-refractivity contribution in [1.82, 2.24) is 10.3 Å². The molecule has 1 atom stereocenters. The van der Waals surface area contributed by atoms with Gasteiger partial charge in [-0.3, -0.25) is 9.78 Å². The summed E-state index contributed by atoms with van der Waals surface area (Å²) in [6.45, 7) is 2.56. The van der Waals surface area contributed by atoms with Crippen LogP contribution in [0.15, 0.2) is 18.3 Å². The summed E-state index contributed by atoms with van der Waals surface area (Å²) < 4.78 is 4.80. The fourth-order valence-electron chi connectivity index (χ4n) is 1.26. The van der Waals surface area contributed by atoms with Crippen molar-refractivity contribution in [2.24, 2.45) is 5.73 Å². The van der Waals surface area contributed by atoms with Crippen molar-refractivity contribution in [2.45, 2.75) is 19.5 Å². The van der Waals surface area contributed by atoms with Crippen molar-refractivity contribution in [2.75, 3.05) is 13.7 Å². The van der Waals surface area contributed by atoms with Gasteiger partial charge >= 0.3 is 0 Å². The Morgan fingerprint density at radius 3 is 3.06 bits per heavy atom. The molecule has 0 saturated heterocycles. The lowest BCUT2D eigenvalue weighted by atomic mass is 10.2. The third kappa shape index (κ3) is 3.60. The van der Waals surface area contributed by atoms with Gasteiger partial charge in [0, 0.05) is 13.3 Å². The lowest BCUT2D eigenvalue weighted by Crippen LogP contribution is -2.43. The molecule has 0 bridgehead atoms. The molecule has 1 unspecified atom stereocenters. The number of nitrogens with zero attached hydrogens (tertiary/aromatic N) is 1. The van der Waals surface area contributed by atoms with Gasteiger partial charge in [0.1, 0.15) is 6.04 Å². The van der Waals surface area contributed by atoms with Crippen LogP contribution in [0.5, 0.6) is 0 Å². The Balaban J connectivity index is 2.46. The first-order valence-corrected chi connectivity index (χ1v) is 5.08. The van der Waals surface area contributed by atoms with Crippen LogP contribution in [0, 0.1) is 6.92 Å². The maximum atomic E-state index is 11.5. The summed E-state index contributed by atoms with van der Waals surface area (Å²) in [5, 5.41) is 2.72. The van der Waals surface area contributed by atoms with E-state index in [1.165, 1.54) is 7.11 Å². The zero-order chi connectivity index (χ0) is 12.0. The summed E-state index contributed by atoms with van der Waals surface area (Å²) in [5.41, 5.74) is 7.46. The fraction of sp³-hybridized carbons (Fsp3) is 0.455. The Morgan fingerprint density at radius 1 is 1.69 bits per heavy atom. The molecule has 16 heavy (non-hydrogen) atoms. The highest BCUT2D eigenvalue weighted by Crippen LogP contribution is 2.02. The van der Waals surface area contributed by atoms with Gasteiger partial charge in [0.05, 0.1) is 18.8 Å². The molecule has 0 fully saturated rings. The van der Waals surface area contributed by atoms with Crippen LogP contribution < -0.4 is 11.1 Å². The molecular weight excluding hydrogens is 206 g/mol. The maximum Gasteiger partial charge on any atom is 0.239 e. The smallest absolute Gasteiger partial charge is 0.239 e. The molecule has 1 amide bonds. The topological polar surface area (TPSA) is 77.2 Å². The molecule has 0 aliphatic rings. The van der Waals surface area contributed by atoms with Crippen molar-refractivity contribution in [3.05, 3.63) is 29.6 Å². The molecule has 0 aliphatic heterocycles. The van der Waals surface area contributed by atoms with E-state index in [1.54, 1.807) is 6.20 Å². The van der Waals surface area contributed by atoms with E-state index in [0.717, 1.165) is 11.3 Å². The highest BCUT2D eigenvalue weighted by Gasteiger charge is 2.12. The predicted molar refractivity (Wildman–Crippen MR) is 60.7 cm³/mol. The number of pyridine rings is 1. The van der Waals surface area contributed by atoms with Crippen LogP contribution in [0.25, 0.3) is 0 Å². The predicted octanol–water partition coefficient (Wildman–Crippen LogP) is -0.0201. The zero-order valence-corrected chi connectivity index (χ0v) is 9.56. The number of aryl methyl sites for hydroxylation is 1. The SMILES string of the molecule is COCC(N)C(=O)NCc1ncccc1C. The van der Waals surface area contributed by atoms with Crippen LogP contribution in [0.3, 0.4) is 0 Å². The molecule has 88 valence electrons. The van der Waals surface area contributed by atoms with Gasteiger partial charge in [0.15, 0.2) is 0 Å². The van der Waals surface area contributed by atoms with Crippen molar-refractivity contribution < 1.29 is 9.53 Å². The molecule has 5 nitrogen and oxygen atoms in total. The number of hydrogen-bond acceptors (Lipinski definition) is 4. The van der Waals surface area contributed by atoms with Gasteiger partial charge in [-0.1, -0.05) is 6.07 Å². The Bertz CT molecular complexity index is 355. The van der Waals surface area contributed by atoms with E-state index in [1.807, 2.05) is 19.1 Å². The van der Waals surface area contributed by atoms with E-state index in [9.17, 15) is 4.79 Å². The number of hydrogen-bond donors (Lipinski definition) is 2. The minimum atomic E-state index is -0.631. The lowest BCUT2D eigenvalue weighted by Gasteiger charge is -2.11. The normalized spacial score (nSPS) is 12.2. The maximum absolute atomic E-state index is 11.5. The molecule has 0 saturated carbocycles. The average molecular weight is 223 g/mol. The number of nitrogens with one attached hydrogen (secondary N) is 1. The zero-order valence-electron chi connectivity index (χ0n) is 9.56. The van der Waals surface area contributed by atoms with Crippen molar-refractivity contribution in [1.29, 1.82) is 0 Å². The van der Waals surface area contributed by atoms with E-state index in [-0.39, 0.29) is 12.5 Å². The second-order valence-corrected chi connectivity index (χ2v) is 3.55. The van der Waals surface area contributed by atoms with Crippen LogP contribution in [0.1, 0.15) is 11.3 Å². The van der Waals surface area contributed by atoms with E-state index < -0.39 is 6.04 Å². The van der Waals surface area contributed by atoms with Crippen LogP contribution >= 0.6 is 0 Å². The first kappa shape index (κ1) is 12.6. The van der Waals surface area contributed by atoms with Crippen LogP contribution in [-0.4, -0.2) is 30.6 Å². The summed E-state index contributed by atoms with van der Waals surface area (Å²) in [4.78, 5) is 15.6. The molecule has 1 rings (SSSR count). The van der Waals surface area contributed by atoms with Crippen molar-refractivity contribution in [3.8, 4) is 0 Å². The highest BCUT2D eigenvalue weighted by molar-refractivity contribution is 5.81. The van der Waals surface area contributed by atoms with E-state index in [0.29, 0.717) is 6.54 Å². The number of rotatable bonds is 5.